The molecule has 0 atom stereocenters. The molecule has 0 unspecified atom stereocenters. The Balaban J connectivity index is 1.96. The van der Waals surface area contributed by atoms with E-state index >= 15 is 0 Å². The Labute approximate surface area is 176 Å². The second-order valence-corrected chi connectivity index (χ2v) is 7.40. The molecule has 6 nitrogen and oxygen atoms in total. The molecule has 1 N–H and O–H groups in total. The lowest BCUT2D eigenvalue weighted by atomic mass is 10.1. The number of hydrogen-bond donors (Lipinski definition) is 1. The topological polar surface area (TPSA) is 71.6 Å². The van der Waals surface area contributed by atoms with Gasteiger partial charge in [0.1, 0.15) is 11.5 Å². The predicted octanol–water partition coefficient (Wildman–Crippen LogP) is 4.30. The number of fused-ring (bicyclic) bond motifs is 1. The highest BCUT2D eigenvalue weighted by atomic mass is 16.5. The fourth-order valence-electron chi connectivity index (χ4n) is 3.40. The van der Waals surface area contributed by atoms with E-state index in [0.717, 1.165) is 29.3 Å². The molecule has 3 aromatic rings. The normalized spacial score (nSPS) is 10.8. The lowest BCUT2D eigenvalue weighted by molar-refractivity contribution is 0.0739. The molecule has 0 bridgehead atoms. The van der Waals surface area contributed by atoms with Gasteiger partial charge >= 0.3 is 0 Å². The number of rotatable bonds is 8. The van der Waals surface area contributed by atoms with E-state index in [1.54, 1.807) is 37.3 Å². The Morgan fingerprint density at radius 2 is 1.73 bits per heavy atom. The molecule has 0 saturated carbocycles. The highest BCUT2D eigenvalue weighted by molar-refractivity contribution is 5.95. The number of benzene rings is 2. The number of aromatic amines is 1. The summed E-state index contributed by atoms with van der Waals surface area (Å²) in [6.45, 7) is 4.85. The van der Waals surface area contributed by atoms with Crippen molar-refractivity contribution in [2.45, 2.75) is 33.2 Å². The number of pyridine rings is 1. The fraction of sp³-hybridized carbons (Fsp3) is 0.333. The molecule has 0 saturated heterocycles. The molecule has 0 aliphatic carbocycles. The molecule has 30 heavy (non-hydrogen) atoms. The Kier molecular flexibility index (Phi) is 6.77. The SMILES string of the molecule is CCCCN(Cc1cc2ccc(C)cc2[nH]c1=O)C(=O)c1cc(OC)cc(OC)c1. The lowest BCUT2D eigenvalue weighted by Gasteiger charge is -2.23. The van der Waals surface area contributed by atoms with Crippen molar-refractivity contribution in [2.24, 2.45) is 0 Å². The van der Waals surface area contributed by atoms with Gasteiger partial charge in [-0.05, 0) is 48.6 Å². The highest BCUT2D eigenvalue weighted by Crippen LogP contribution is 2.24. The number of aromatic nitrogens is 1. The second kappa shape index (κ2) is 9.48. The zero-order chi connectivity index (χ0) is 21.7. The predicted molar refractivity (Wildman–Crippen MR) is 119 cm³/mol. The maximum Gasteiger partial charge on any atom is 0.254 e. The van der Waals surface area contributed by atoms with Crippen LogP contribution in [0.1, 0.15) is 41.3 Å². The number of aryl methyl sites for hydroxylation is 1. The van der Waals surface area contributed by atoms with Crippen LogP contribution in [-0.2, 0) is 6.54 Å². The Bertz CT molecular complexity index is 1080. The summed E-state index contributed by atoms with van der Waals surface area (Å²) < 4.78 is 10.6. The third-order valence-corrected chi connectivity index (χ3v) is 5.11. The molecule has 1 aromatic heterocycles. The van der Waals surface area contributed by atoms with Crippen molar-refractivity contribution in [3.8, 4) is 11.5 Å². The van der Waals surface area contributed by atoms with Gasteiger partial charge in [0.15, 0.2) is 0 Å². The van der Waals surface area contributed by atoms with Crippen molar-refractivity contribution < 1.29 is 14.3 Å². The quantitative estimate of drug-likeness (QED) is 0.603. The van der Waals surface area contributed by atoms with Gasteiger partial charge in [0.25, 0.3) is 11.5 Å². The van der Waals surface area contributed by atoms with Crippen molar-refractivity contribution in [3.05, 3.63) is 69.5 Å². The Hall–Kier alpha value is -3.28. The minimum Gasteiger partial charge on any atom is -0.497 e. The zero-order valence-electron chi connectivity index (χ0n) is 18.0. The molecule has 0 aliphatic heterocycles. The van der Waals surface area contributed by atoms with E-state index in [9.17, 15) is 9.59 Å². The third-order valence-electron chi connectivity index (χ3n) is 5.11. The van der Waals surface area contributed by atoms with Crippen molar-refractivity contribution >= 4 is 16.8 Å². The first-order valence-electron chi connectivity index (χ1n) is 10.1. The van der Waals surface area contributed by atoms with Crippen LogP contribution in [-0.4, -0.2) is 36.6 Å². The first-order chi connectivity index (χ1) is 14.4. The van der Waals surface area contributed by atoms with Crippen LogP contribution in [0.15, 0.2) is 47.3 Å². The molecule has 0 fully saturated rings. The number of hydrogen-bond acceptors (Lipinski definition) is 4. The van der Waals surface area contributed by atoms with Gasteiger partial charge in [0, 0.05) is 29.3 Å². The number of unbranched alkanes of at least 4 members (excludes halogenated alkanes) is 1. The van der Waals surface area contributed by atoms with E-state index in [1.807, 2.05) is 31.2 Å². The number of H-pyrrole nitrogens is 1. The molecule has 3 rings (SSSR count). The summed E-state index contributed by atoms with van der Waals surface area (Å²) in [7, 11) is 3.10. The van der Waals surface area contributed by atoms with Crippen LogP contribution in [0.3, 0.4) is 0 Å². The van der Waals surface area contributed by atoms with Gasteiger partial charge in [-0.2, -0.15) is 0 Å². The van der Waals surface area contributed by atoms with Gasteiger partial charge in [-0.15, -0.1) is 0 Å². The van der Waals surface area contributed by atoms with E-state index in [-0.39, 0.29) is 18.0 Å². The fourth-order valence-corrected chi connectivity index (χ4v) is 3.40. The van der Waals surface area contributed by atoms with E-state index in [2.05, 4.69) is 11.9 Å². The molecule has 0 radical (unpaired) electrons. The average molecular weight is 408 g/mol. The smallest absolute Gasteiger partial charge is 0.254 e. The molecule has 2 aromatic carbocycles. The maximum absolute atomic E-state index is 13.3. The third kappa shape index (κ3) is 4.82. The van der Waals surface area contributed by atoms with Crippen molar-refractivity contribution in [1.82, 2.24) is 9.88 Å². The van der Waals surface area contributed by atoms with Crippen LogP contribution in [0, 0.1) is 6.92 Å². The summed E-state index contributed by atoms with van der Waals surface area (Å²) in [6.07, 6.45) is 1.79. The molecule has 6 heteroatoms. The van der Waals surface area contributed by atoms with E-state index in [1.165, 1.54) is 0 Å². The molecule has 0 spiro atoms. The summed E-state index contributed by atoms with van der Waals surface area (Å²) in [5.74, 6) is 0.934. The summed E-state index contributed by atoms with van der Waals surface area (Å²) >= 11 is 0. The van der Waals surface area contributed by atoms with Crippen LogP contribution in [0.4, 0.5) is 0 Å². The van der Waals surface area contributed by atoms with Gasteiger partial charge in [-0.1, -0.05) is 25.5 Å². The van der Waals surface area contributed by atoms with E-state index < -0.39 is 0 Å². The minimum absolute atomic E-state index is 0.163. The molecule has 0 aliphatic rings. The Morgan fingerprint density at radius 3 is 2.37 bits per heavy atom. The van der Waals surface area contributed by atoms with Crippen molar-refractivity contribution in [2.75, 3.05) is 20.8 Å². The van der Waals surface area contributed by atoms with Gasteiger partial charge in [-0.3, -0.25) is 9.59 Å². The zero-order valence-corrected chi connectivity index (χ0v) is 18.0. The van der Waals surface area contributed by atoms with Gasteiger partial charge < -0.3 is 19.4 Å². The minimum atomic E-state index is -0.175. The largest absolute Gasteiger partial charge is 0.497 e. The van der Waals surface area contributed by atoms with Crippen LogP contribution < -0.4 is 15.0 Å². The molecule has 1 amide bonds. The molecular weight excluding hydrogens is 380 g/mol. The monoisotopic (exact) mass is 408 g/mol. The van der Waals surface area contributed by atoms with Crippen LogP contribution in [0.25, 0.3) is 10.9 Å². The van der Waals surface area contributed by atoms with Crippen LogP contribution >= 0.6 is 0 Å². The second-order valence-electron chi connectivity index (χ2n) is 7.40. The first-order valence-corrected chi connectivity index (χ1v) is 10.1. The summed E-state index contributed by atoms with van der Waals surface area (Å²) in [6, 6.07) is 12.9. The molecular formula is C24H28N2O4. The van der Waals surface area contributed by atoms with Crippen molar-refractivity contribution in [1.29, 1.82) is 0 Å². The number of carbonyl (C=O) groups is 1. The number of nitrogens with zero attached hydrogens (tertiary/aromatic N) is 1. The number of nitrogens with one attached hydrogen (secondary N) is 1. The average Bonchev–Trinajstić information content (AvgIpc) is 2.76. The van der Waals surface area contributed by atoms with E-state index in [0.29, 0.717) is 29.2 Å². The summed E-state index contributed by atoms with van der Waals surface area (Å²) in [5, 5.41) is 0.946. The van der Waals surface area contributed by atoms with Crippen LogP contribution in [0.5, 0.6) is 11.5 Å². The van der Waals surface area contributed by atoms with E-state index in [4.69, 9.17) is 9.47 Å². The first kappa shape index (κ1) is 21.4. The maximum atomic E-state index is 13.3. The standard InChI is InChI=1S/C24H28N2O4/c1-5-6-9-26(24(28)18-12-20(29-3)14-21(13-18)30-4)15-19-11-17-8-7-16(2)10-22(17)25-23(19)27/h7-8,10-14H,5-6,9,15H2,1-4H3,(H,25,27). The number of amides is 1. The summed E-state index contributed by atoms with van der Waals surface area (Å²) in [4.78, 5) is 30.6. The summed E-state index contributed by atoms with van der Waals surface area (Å²) in [5.41, 5.74) is 2.73. The highest BCUT2D eigenvalue weighted by Gasteiger charge is 2.19. The Morgan fingerprint density at radius 1 is 1.03 bits per heavy atom. The molecule has 1 heterocycles. The van der Waals surface area contributed by atoms with Crippen molar-refractivity contribution in [3.63, 3.8) is 0 Å². The number of carbonyl (C=O) groups excluding carboxylic acids is 1. The van der Waals surface area contributed by atoms with Gasteiger partial charge in [-0.25, -0.2) is 0 Å². The lowest BCUT2D eigenvalue weighted by Crippen LogP contribution is -2.33. The van der Waals surface area contributed by atoms with Gasteiger partial charge in [0.05, 0.1) is 20.8 Å². The van der Waals surface area contributed by atoms with Crippen LogP contribution in [0.2, 0.25) is 0 Å². The number of ether oxygens (including phenoxy) is 2. The number of methoxy groups -OCH3 is 2. The molecule has 158 valence electrons. The van der Waals surface area contributed by atoms with Gasteiger partial charge in [0.2, 0.25) is 0 Å².